The molecule has 5 heteroatoms. The van der Waals surface area contributed by atoms with Crippen LogP contribution in [0.3, 0.4) is 0 Å². The maximum Gasteiger partial charge on any atom is 0.407 e. The smallest absolute Gasteiger partial charge is 0.407 e. The molecule has 0 aliphatic heterocycles. The van der Waals surface area contributed by atoms with Crippen LogP contribution in [0.2, 0.25) is 0 Å². The van der Waals surface area contributed by atoms with E-state index in [-0.39, 0.29) is 0 Å². The summed E-state index contributed by atoms with van der Waals surface area (Å²) in [6, 6.07) is 18.8. The first-order valence-electron chi connectivity index (χ1n) is 7.21. The summed E-state index contributed by atoms with van der Waals surface area (Å²) in [4.78, 5) is 11.1. The van der Waals surface area contributed by atoms with Crippen LogP contribution >= 0.6 is 0 Å². The number of carbonyl (C=O) groups is 1. The molecule has 0 saturated heterocycles. The van der Waals surface area contributed by atoms with Crippen LogP contribution in [0.4, 0.5) is 4.79 Å². The lowest BCUT2D eigenvalue weighted by atomic mass is 10.1. The van der Waals surface area contributed by atoms with Crippen molar-refractivity contribution in [2.75, 3.05) is 7.11 Å². The number of carbonyl (C=O) groups excluding carboxylic acids is 1. The minimum absolute atomic E-state index is 0.407. The summed E-state index contributed by atoms with van der Waals surface area (Å²) in [6.07, 6.45) is -0.204. The fourth-order valence-electron chi connectivity index (χ4n) is 2.03. The lowest BCUT2D eigenvalue weighted by Gasteiger charge is -2.11. The van der Waals surface area contributed by atoms with Crippen molar-refractivity contribution in [2.24, 2.45) is 0 Å². The standard InChI is InChI=1S/C18H18N2O3/c1-22-18(21)20-16(12-19)11-14-7-9-17(10-8-14)23-13-15-5-3-2-4-6-15/h2-10,16H,11,13H2,1H3,(H,20,21)/t16-/m0/s1. The number of ether oxygens (including phenoxy) is 2. The molecular formula is C18H18N2O3. The lowest BCUT2D eigenvalue weighted by Crippen LogP contribution is -2.35. The normalized spacial score (nSPS) is 11.1. The Labute approximate surface area is 135 Å². The molecule has 23 heavy (non-hydrogen) atoms. The maximum atomic E-state index is 11.1. The quantitative estimate of drug-likeness (QED) is 0.890. The molecule has 1 amide bonds. The highest BCUT2D eigenvalue weighted by Crippen LogP contribution is 2.15. The van der Waals surface area contributed by atoms with Crippen molar-refractivity contribution in [2.45, 2.75) is 19.1 Å². The summed E-state index contributed by atoms with van der Waals surface area (Å²) in [5.41, 5.74) is 2.03. The minimum Gasteiger partial charge on any atom is -0.489 e. The van der Waals surface area contributed by atoms with Crippen LogP contribution < -0.4 is 10.1 Å². The molecule has 0 spiro atoms. The molecule has 0 aromatic heterocycles. The van der Waals surface area contributed by atoms with Gasteiger partial charge in [0.05, 0.1) is 13.2 Å². The van der Waals surface area contributed by atoms with Gasteiger partial charge in [0.25, 0.3) is 0 Å². The Bertz CT molecular complexity index is 663. The number of amides is 1. The number of alkyl carbamates (subject to hydrolysis) is 1. The van der Waals surface area contributed by atoms with E-state index in [1.54, 1.807) is 0 Å². The molecular weight excluding hydrogens is 292 g/mol. The first kappa shape index (κ1) is 16.4. The fourth-order valence-corrected chi connectivity index (χ4v) is 2.03. The van der Waals surface area contributed by atoms with Gasteiger partial charge in [-0.2, -0.15) is 5.26 Å². The van der Waals surface area contributed by atoms with Gasteiger partial charge in [0.2, 0.25) is 0 Å². The predicted octanol–water partition coefficient (Wildman–Crippen LogP) is 3.06. The van der Waals surface area contributed by atoms with Crippen LogP contribution in [-0.4, -0.2) is 19.2 Å². The van der Waals surface area contributed by atoms with E-state index in [1.165, 1.54) is 7.11 Å². The molecule has 2 rings (SSSR count). The van der Waals surface area contributed by atoms with Gasteiger partial charge < -0.3 is 14.8 Å². The third-order valence-electron chi connectivity index (χ3n) is 3.24. The van der Waals surface area contributed by atoms with Gasteiger partial charge in [0.1, 0.15) is 18.4 Å². The Hall–Kier alpha value is -3.00. The van der Waals surface area contributed by atoms with Crippen molar-refractivity contribution >= 4 is 6.09 Å². The maximum absolute atomic E-state index is 11.1. The molecule has 0 bridgehead atoms. The Morgan fingerprint density at radius 2 is 1.83 bits per heavy atom. The van der Waals surface area contributed by atoms with Gasteiger partial charge in [-0.15, -0.1) is 0 Å². The Balaban J connectivity index is 1.89. The van der Waals surface area contributed by atoms with Gasteiger partial charge in [-0.25, -0.2) is 4.79 Å². The van der Waals surface area contributed by atoms with Gasteiger partial charge in [0, 0.05) is 6.42 Å². The summed E-state index contributed by atoms with van der Waals surface area (Å²) >= 11 is 0. The summed E-state index contributed by atoms with van der Waals surface area (Å²) < 4.78 is 10.2. The number of nitrogens with zero attached hydrogens (tertiary/aromatic N) is 1. The highest BCUT2D eigenvalue weighted by molar-refractivity contribution is 5.67. The minimum atomic E-state index is -0.626. The molecule has 0 fully saturated rings. The van der Waals surface area contributed by atoms with Crippen molar-refractivity contribution < 1.29 is 14.3 Å². The first-order chi connectivity index (χ1) is 11.2. The molecule has 118 valence electrons. The van der Waals surface area contributed by atoms with E-state index in [1.807, 2.05) is 60.7 Å². The number of nitriles is 1. The Morgan fingerprint density at radius 3 is 2.43 bits per heavy atom. The van der Waals surface area contributed by atoms with Crippen molar-refractivity contribution in [1.82, 2.24) is 5.32 Å². The second kappa shape index (κ2) is 8.44. The van der Waals surface area contributed by atoms with Crippen molar-refractivity contribution in [1.29, 1.82) is 5.26 Å². The molecule has 0 aliphatic rings. The van der Waals surface area contributed by atoms with Gasteiger partial charge in [-0.3, -0.25) is 0 Å². The predicted molar refractivity (Wildman–Crippen MR) is 85.9 cm³/mol. The number of rotatable bonds is 6. The Kier molecular flexibility index (Phi) is 6.01. The number of nitrogens with one attached hydrogen (secondary N) is 1. The average molecular weight is 310 g/mol. The van der Waals surface area contributed by atoms with Crippen molar-refractivity contribution in [3.63, 3.8) is 0 Å². The SMILES string of the molecule is COC(=O)N[C@H](C#N)Cc1ccc(OCc2ccccc2)cc1. The largest absolute Gasteiger partial charge is 0.489 e. The van der Waals surface area contributed by atoms with E-state index in [0.29, 0.717) is 13.0 Å². The molecule has 0 radical (unpaired) electrons. The van der Waals surface area contributed by atoms with E-state index in [9.17, 15) is 4.79 Å². The van der Waals surface area contributed by atoms with Crippen LogP contribution in [0.1, 0.15) is 11.1 Å². The number of hydrogen-bond donors (Lipinski definition) is 1. The second-order valence-electron chi connectivity index (χ2n) is 4.94. The topological polar surface area (TPSA) is 71.3 Å². The van der Waals surface area contributed by atoms with Crippen LogP contribution in [0.25, 0.3) is 0 Å². The average Bonchev–Trinajstić information content (AvgIpc) is 2.61. The first-order valence-corrected chi connectivity index (χ1v) is 7.21. The summed E-state index contributed by atoms with van der Waals surface area (Å²) in [5.74, 6) is 0.757. The van der Waals surface area contributed by atoms with E-state index >= 15 is 0 Å². The summed E-state index contributed by atoms with van der Waals surface area (Å²) in [6.45, 7) is 0.505. The molecule has 2 aromatic carbocycles. The molecule has 5 nitrogen and oxygen atoms in total. The van der Waals surface area contributed by atoms with Crippen LogP contribution in [0.15, 0.2) is 54.6 Å². The van der Waals surface area contributed by atoms with Gasteiger partial charge >= 0.3 is 6.09 Å². The zero-order valence-electron chi connectivity index (χ0n) is 12.9. The van der Waals surface area contributed by atoms with E-state index in [0.717, 1.165) is 16.9 Å². The summed E-state index contributed by atoms with van der Waals surface area (Å²) in [5, 5.41) is 11.5. The molecule has 0 heterocycles. The number of hydrogen-bond acceptors (Lipinski definition) is 4. The Morgan fingerprint density at radius 1 is 1.13 bits per heavy atom. The van der Waals surface area contributed by atoms with E-state index in [2.05, 4.69) is 10.1 Å². The van der Waals surface area contributed by atoms with Gasteiger partial charge in [-0.05, 0) is 23.3 Å². The van der Waals surface area contributed by atoms with Crippen molar-refractivity contribution in [3.05, 3.63) is 65.7 Å². The van der Waals surface area contributed by atoms with Gasteiger partial charge in [0.15, 0.2) is 0 Å². The third-order valence-corrected chi connectivity index (χ3v) is 3.24. The third kappa shape index (κ3) is 5.36. The molecule has 1 N–H and O–H groups in total. The zero-order valence-corrected chi connectivity index (χ0v) is 12.9. The van der Waals surface area contributed by atoms with Crippen LogP contribution in [-0.2, 0) is 17.8 Å². The molecule has 0 saturated carbocycles. The highest BCUT2D eigenvalue weighted by Gasteiger charge is 2.12. The lowest BCUT2D eigenvalue weighted by molar-refractivity contribution is 0.169. The fraction of sp³-hybridized carbons (Fsp3) is 0.222. The second-order valence-corrected chi connectivity index (χ2v) is 4.94. The molecule has 2 aromatic rings. The van der Waals surface area contributed by atoms with Crippen molar-refractivity contribution in [3.8, 4) is 11.8 Å². The van der Waals surface area contributed by atoms with E-state index in [4.69, 9.17) is 10.00 Å². The monoisotopic (exact) mass is 310 g/mol. The van der Waals surface area contributed by atoms with Crippen LogP contribution in [0, 0.1) is 11.3 Å². The number of methoxy groups -OCH3 is 1. The number of benzene rings is 2. The van der Waals surface area contributed by atoms with Crippen LogP contribution in [0.5, 0.6) is 5.75 Å². The molecule has 0 unspecified atom stereocenters. The highest BCUT2D eigenvalue weighted by atomic mass is 16.5. The van der Waals surface area contributed by atoms with Gasteiger partial charge in [-0.1, -0.05) is 42.5 Å². The zero-order chi connectivity index (χ0) is 16.5. The van der Waals surface area contributed by atoms with E-state index < -0.39 is 12.1 Å². The molecule has 0 aliphatic carbocycles. The summed E-state index contributed by atoms with van der Waals surface area (Å²) in [7, 11) is 1.27. The molecule has 1 atom stereocenters.